The molecule has 0 atom stereocenters. The topological polar surface area (TPSA) is 58.0 Å². The van der Waals surface area contributed by atoms with Crippen molar-refractivity contribution in [3.63, 3.8) is 0 Å². The van der Waals surface area contributed by atoms with Crippen molar-refractivity contribution >= 4 is 0 Å². The third-order valence-electron chi connectivity index (χ3n) is 7.19. The maximum Gasteiger partial charge on any atom is 0.231 e. The zero-order chi connectivity index (χ0) is 27.9. The van der Waals surface area contributed by atoms with Crippen LogP contribution >= 0.6 is 0 Å². The maximum atomic E-state index is 13.6. The molecule has 0 N–H and O–H groups in total. The van der Waals surface area contributed by atoms with Crippen molar-refractivity contribution in [3.05, 3.63) is 89.5 Å². The first-order chi connectivity index (χ1) is 19.6. The van der Waals surface area contributed by atoms with Crippen LogP contribution in [0.1, 0.15) is 36.6 Å². The first-order valence-electron chi connectivity index (χ1n) is 13.7. The molecule has 0 saturated heterocycles. The maximum absolute atomic E-state index is 13.6. The lowest BCUT2D eigenvalue weighted by atomic mass is 10.1. The van der Waals surface area contributed by atoms with Crippen LogP contribution in [-0.4, -0.2) is 42.0 Å². The van der Waals surface area contributed by atoms with Gasteiger partial charge in [0, 0.05) is 31.7 Å². The highest BCUT2D eigenvalue weighted by molar-refractivity contribution is 5.56. The zero-order valence-electron chi connectivity index (χ0n) is 23.4. The monoisotopic (exact) mass is 545 g/mol. The van der Waals surface area contributed by atoms with Crippen molar-refractivity contribution in [2.24, 2.45) is 0 Å². The largest absolute Gasteiger partial charge is 0.497 e. The van der Waals surface area contributed by atoms with Gasteiger partial charge in [0.1, 0.15) is 23.1 Å². The molecule has 1 aliphatic heterocycles. The molecular weight excluding hydrogens is 509 g/mol. The van der Waals surface area contributed by atoms with E-state index in [0.717, 1.165) is 83.6 Å². The molecule has 8 heteroatoms. The van der Waals surface area contributed by atoms with Crippen LogP contribution in [0, 0.1) is 5.82 Å². The summed E-state index contributed by atoms with van der Waals surface area (Å²) >= 11 is 0. The Morgan fingerprint density at radius 1 is 0.950 bits per heavy atom. The average Bonchev–Trinajstić information content (AvgIpc) is 3.61. The Bertz CT molecular complexity index is 1420. The van der Waals surface area contributed by atoms with Crippen LogP contribution < -0.4 is 18.9 Å². The molecule has 1 aromatic heterocycles. The zero-order valence-corrected chi connectivity index (χ0v) is 23.4. The van der Waals surface area contributed by atoms with Gasteiger partial charge < -0.3 is 23.5 Å². The van der Waals surface area contributed by atoms with Gasteiger partial charge >= 0.3 is 0 Å². The lowest BCUT2D eigenvalue weighted by molar-refractivity contribution is 0.174. The normalized spacial score (nSPS) is 12.2. The third kappa shape index (κ3) is 6.39. The smallest absolute Gasteiger partial charge is 0.231 e. The van der Waals surface area contributed by atoms with Crippen molar-refractivity contribution in [3.8, 4) is 34.4 Å². The fraction of sp³-hybridized carbons (Fsp3) is 0.344. The molecule has 5 rings (SSSR count). The minimum atomic E-state index is -0.251. The summed E-state index contributed by atoms with van der Waals surface area (Å²) in [6.45, 7) is 5.47. The number of fused-ring (bicyclic) bond motifs is 1. The van der Waals surface area contributed by atoms with Crippen LogP contribution in [0.5, 0.6) is 23.0 Å². The molecule has 2 heterocycles. The number of imidazole rings is 1. The molecule has 0 spiro atoms. The SMILES string of the molecule is CCCCn1c(CN(CCc2cc(OC)ccc2OC)Cc2ccc3c(c2)OCO3)cnc1-c1ccc(F)cc1. The number of hydrogen-bond donors (Lipinski definition) is 0. The Morgan fingerprint density at radius 3 is 2.55 bits per heavy atom. The lowest BCUT2D eigenvalue weighted by Crippen LogP contribution is -2.27. The fourth-order valence-electron chi connectivity index (χ4n) is 5.03. The second-order valence-electron chi connectivity index (χ2n) is 9.91. The van der Waals surface area contributed by atoms with Gasteiger partial charge in [0.25, 0.3) is 0 Å². The van der Waals surface area contributed by atoms with Gasteiger partial charge in [0.05, 0.1) is 26.1 Å². The number of aromatic nitrogens is 2. The van der Waals surface area contributed by atoms with Crippen molar-refractivity contribution in [2.75, 3.05) is 27.6 Å². The number of methoxy groups -OCH3 is 2. The summed E-state index contributed by atoms with van der Waals surface area (Å²) in [6.07, 6.45) is 4.82. The van der Waals surface area contributed by atoms with Crippen molar-refractivity contribution in [1.82, 2.24) is 14.5 Å². The number of halogens is 1. The average molecular weight is 546 g/mol. The van der Waals surface area contributed by atoms with Crippen molar-refractivity contribution < 1.29 is 23.3 Å². The second kappa shape index (κ2) is 12.9. The van der Waals surface area contributed by atoms with E-state index in [1.54, 1.807) is 26.4 Å². The third-order valence-corrected chi connectivity index (χ3v) is 7.19. The Kier molecular flexibility index (Phi) is 8.86. The molecule has 0 unspecified atom stereocenters. The summed E-state index contributed by atoms with van der Waals surface area (Å²) in [5.74, 6) is 3.81. The van der Waals surface area contributed by atoms with Crippen LogP contribution in [0.15, 0.2) is 66.9 Å². The van der Waals surface area contributed by atoms with Gasteiger partial charge in [-0.2, -0.15) is 0 Å². The number of hydrogen-bond acceptors (Lipinski definition) is 6. The Balaban J connectivity index is 1.43. The van der Waals surface area contributed by atoms with Gasteiger partial charge in [-0.1, -0.05) is 19.4 Å². The van der Waals surface area contributed by atoms with E-state index in [0.29, 0.717) is 13.1 Å². The summed E-state index contributed by atoms with van der Waals surface area (Å²) in [5, 5.41) is 0. The minimum Gasteiger partial charge on any atom is -0.497 e. The molecule has 0 bridgehead atoms. The first kappa shape index (κ1) is 27.5. The van der Waals surface area contributed by atoms with E-state index in [4.69, 9.17) is 23.9 Å². The summed E-state index contributed by atoms with van der Waals surface area (Å²) < 4.78 is 38.2. The molecule has 7 nitrogen and oxygen atoms in total. The molecule has 0 radical (unpaired) electrons. The van der Waals surface area contributed by atoms with Crippen molar-refractivity contribution in [2.45, 2.75) is 45.8 Å². The molecule has 0 amide bonds. The van der Waals surface area contributed by atoms with E-state index < -0.39 is 0 Å². The quantitative estimate of drug-likeness (QED) is 0.192. The highest BCUT2D eigenvalue weighted by Gasteiger charge is 2.19. The van der Waals surface area contributed by atoms with Gasteiger partial charge in [-0.05, 0) is 78.6 Å². The standard InChI is InChI=1S/C32H36FN3O4/c1-4-5-15-36-27(19-34-32(36)24-7-9-26(33)10-8-24)21-35(20-23-6-12-30-31(17-23)40-22-39-30)16-14-25-18-28(37-2)11-13-29(25)38-3/h6-13,17-19H,4-5,14-16,20-22H2,1-3H3. The Labute approximate surface area is 235 Å². The highest BCUT2D eigenvalue weighted by atomic mass is 19.1. The highest BCUT2D eigenvalue weighted by Crippen LogP contribution is 2.33. The second-order valence-corrected chi connectivity index (χ2v) is 9.91. The molecule has 4 aromatic rings. The van der Waals surface area contributed by atoms with Gasteiger partial charge in [0.2, 0.25) is 6.79 Å². The number of unbranched alkanes of at least 4 members (excludes halogenated alkanes) is 1. The van der Waals surface area contributed by atoms with Gasteiger partial charge in [-0.15, -0.1) is 0 Å². The molecule has 0 aliphatic carbocycles. The molecular formula is C32H36FN3O4. The summed E-state index contributed by atoms with van der Waals surface area (Å²) in [5.41, 5.74) is 4.25. The molecule has 3 aromatic carbocycles. The fourth-order valence-corrected chi connectivity index (χ4v) is 5.03. The van der Waals surface area contributed by atoms with E-state index in [2.05, 4.69) is 28.5 Å². The van der Waals surface area contributed by atoms with E-state index in [1.807, 2.05) is 30.5 Å². The molecule has 1 aliphatic rings. The predicted molar refractivity (Wildman–Crippen MR) is 152 cm³/mol. The van der Waals surface area contributed by atoms with Crippen LogP contribution in [-0.2, 0) is 26.1 Å². The van der Waals surface area contributed by atoms with E-state index in [1.165, 1.54) is 12.1 Å². The first-order valence-corrected chi connectivity index (χ1v) is 13.7. The van der Waals surface area contributed by atoms with Crippen LogP contribution in [0.3, 0.4) is 0 Å². The molecule has 0 saturated carbocycles. The minimum absolute atomic E-state index is 0.251. The summed E-state index contributed by atoms with van der Waals surface area (Å²) in [6, 6.07) is 18.6. The van der Waals surface area contributed by atoms with Crippen LogP contribution in [0.25, 0.3) is 11.4 Å². The van der Waals surface area contributed by atoms with Gasteiger partial charge in [-0.25, -0.2) is 9.37 Å². The van der Waals surface area contributed by atoms with E-state index >= 15 is 0 Å². The van der Waals surface area contributed by atoms with Crippen LogP contribution in [0.2, 0.25) is 0 Å². The summed E-state index contributed by atoms with van der Waals surface area (Å²) in [7, 11) is 3.37. The Morgan fingerprint density at radius 2 is 1.77 bits per heavy atom. The predicted octanol–water partition coefficient (Wildman–Crippen LogP) is 6.48. The number of benzene rings is 3. The Hall–Kier alpha value is -4.04. The van der Waals surface area contributed by atoms with E-state index in [-0.39, 0.29) is 12.6 Å². The molecule has 210 valence electrons. The summed E-state index contributed by atoms with van der Waals surface area (Å²) in [4.78, 5) is 7.19. The number of ether oxygens (including phenoxy) is 4. The lowest BCUT2D eigenvalue weighted by Gasteiger charge is -2.24. The van der Waals surface area contributed by atoms with Crippen molar-refractivity contribution in [1.29, 1.82) is 0 Å². The number of nitrogens with zero attached hydrogens (tertiary/aromatic N) is 3. The number of rotatable bonds is 13. The van der Waals surface area contributed by atoms with Crippen LogP contribution in [0.4, 0.5) is 4.39 Å². The van der Waals surface area contributed by atoms with Gasteiger partial charge in [-0.3, -0.25) is 4.90 Å². The molecule has 40 heavy (non-hydrogen) atoms. The van der Waals surface area contributed by atoms with Gasteiger partial charge in [0.15, 0.2) is 11.5 Å². The van der Waals surface area contributed by atoms with E-state index in [9.17, 15) is 4.39 Å². The molecule has 0 fully saturated rings.